The molecule has 4 aromatic carbocycles. The number of para-hydroxylation sites is 1. The van der Waals surface area contributed by atoms with Crippen molar-refractivity contribution in [1.29, 1.82) is 0 Å². The molecule has 500 valence electrons. The van der Waals surface area contributed by atoms with Crippen molar-refractivity contribution in [3.8, 4) is 0 Å². The molecule has 4 aliphatic heterocycles. The number of rotatable bonds is 31. The number of aryl methyl sites for hydroxylation is 1. The zero-order chi connectivity index (χ0) is 66.1. The Balaban J connectivity index is 0.786. The van der Waals surface area contributed by atoms with Gasteiger partial charge in [0.1, 0.15) is 44.0 Å². The molecule has 4 aliphatic rings. The van der Waals surface area contributed by atoms with Crippen molar-refractivity contribution in [3.63, 3.8) is 0 Å². The highest BCUT2D eigenvalue weighted by Gasteiger charge is 2.45. The fourth-order valence-electron chi connectivity index (χ4n) is 12.1. The second-order valence-corrected chi connectivity index (χ2v) is 24.5. The first kappa shape index (κ1) is 70.3. The Morgan fingerprint density at radius 2 is 1.06 bits per heavy atom. The molecule has 6 N–H and O–H groups in total. The lowest BCUT2D eigenvalue weighted by molar-refractivity contribution is -0.148. The summed E-state index contributed by atoms with van der Waals surface area (Å²) in [5.74, 6) is -5.55. The number of amides is 6. The minimum atomic E-state index is -1.15. The summed E-state index contributed by atoms with van der Waals surface area (Å²) >= 11 is 0. The van der Waals surface area contributed by atoms with Gasteiger partial charge in [0.05, 0.1) is 25.3 Å². The predicted molar refractivity (Wildman–Crippen MR) is 344 cm³/mol. The average molecular weight is 1280 g/mol. The van der Waals surface area contributed by atoms with E-state index in [4.69, 9.17) is 14.2 Å². The lowest BCUT2D eigenvalue weighted by Gasteiger charge is -2.35. The quantitative estimate of drug-likeness (QED) is 0.0312. The van der Waals surface area contributed by atoms with E-state index in [0.29, 0.717) is 76.8 Å². The van der Waals surface area contributed by atoms with Crippen molar-refractivity contribution in [3.05, 3.63) is 137 Å². The first-order valence-corrected chi connectivity index (χ1v) is 32.6. The Kier molecular flexibility index (Phi) is 27.2. The zero-order valence-electron chi connectivity index (χ0n) is 53.4. The lowest BCUT2D eigenvalue weighted by atomic mass is 9.96. The van der Waals surface area contributed by atoms with Gasteiger partial charge in [-0.25, -0.2) is 4.79 Å². The van der Waals surface area contributed by atoms with E-state index in [1.165, 1.54) is 4.90 Å². The number of hydrogen-bond donors (Lipinski definition) is 6. The highest BCUT2D eigenvalue weighted by Crippen LogP contribution is 2.39. The van der Waals surface area contributed by atoms with Crippen LogP contribution in [0, 0.1) is 11.8 Å². The molecular weight excluding hydrogens is 1190 g/mol. The lowest BCUT2D eigenvalue weighted by Crippen LogP contribution is -2.57. The molecule has 4 heterocycles. The molecule has 6 amide bonds. The molecule has 5 atom stereocenters. The predicted octanol–water partition coefficient (Wildman–Crippen LogP) is 3.13. The summed E-state index contributed by atoms with van der Waals surface area (Å²) in [5.41, 5.74) is 4.75. The first-order chi connectivity index (χ1) is 45.0. The van der Waals surface area contributed by atoms with Gasteiger partial charge in [0.2, 0.25) is 35.4 Å². The van der Waals surface area contributed by atoms with Crippen LogP contribution < -0.4 is 31.5 Å². The number of carbonyl (C=O) groups excluding carboxylic acids is 9. The summed E-state index contributed by atoms with van der Waals surface area (Å²) in [6, 6.07) is 29.4. The van der Waals surface area contributed by atoms with Crippen LogP contribution in [-0.2, 0) is 94.8 Å². The van der Waals surface area contributed by atoms with E-state index in [-0.39, 0.29) is 109 Å². The normalized spacial score (nSPS) is 18.3. The molecule has 24 heteroatoms. The highest BCUT2D eigenvalue weighted by molar-refractivity contribution is 6.07. The Morgan fingerprint density at radius 1 is 0.548 bits per heavy atom. The zero-order valence-corrected chi connectivity index (χ0v) is 53.4. The van der Waals surface area contributed by atoms with E-state index in [2.05, 4.69) is 41.3 Å². The van der Waals surface area contributed by atoms with Crippen LogP contribution in [0.15, 0.2) is 109 Å². The van der Waals surface area contributed by atoms with E-state index < -0.39 is 71.5 Å². The summed E-state index contributed by atoms with van der Waals surface area (Å²) in [6.07, 6.45) is 2.31. The molecule has 4 aromatic rings. The van der Waals surface area contributed by atoms with E-state index in [9.17, 15) is 53.1 Å². The van der Waals surface area contributed by atoms with Gasteiger partial charge in [-0.15, -0.1) is 0 Å². The van der Waals surface area contributed by atoms with Crippen LogP contribution in [0.1, 0.15) is 93.0 Å². The highest BCUT2D eigenvalue weighted by atomic mass is 16.5. The van der Waals surface area contributed by atoms with Crippen LogP contribution in [0.4, 0.5) is 5.69 Å². The number of carbonyl (C=O) groups is 10. The van der Waals surface area contributed by atoms with Gasteiger partial charge in [-0.3, -0.25) is 62.8 Å². The van der Waals surface area contributed by atoms with E-state index in [0.717, 1.165) is 47.2 Å². The molecule has 0 bridgehead atoms. The number of nitrogens with zero attached hydrogens (tertiary/aromatic N) is 5. The Hall–Kier alpha value is -8.58. The topological polar surface area (TPSA) is 295 Å². The number of esters is 3. The maximum Gasteiger partial charge on any atom is 0.327 e. The third-order valence-corrected chi connectivity index (χ3v) is 17.7. The SMILES string of the molecule is CC[C@H](C)[C@H](NC(=O)CCNC(=O)CCNC(=O)[C@@H](CCC(=O)OCc1ccccc1)NC(=O)CN1CCC(CN2CCN(CC(=O)OCc3ccccc3)CCN(CC(=O)OCc3ccccc3)CC2)CC1)C(=O)N[C@H]1CCc2cccc3c2N(C1=O)[C@H](C(=O)O)C3. The van der Waals surface area contributed by atoms with Crippen molar-refractivity contribution in [2.24, 2.45) is 11.8 Å². The molecule has 0 aliphatic carbocycles. The summed E-state index contributed by atoms with van der Waals surface area (Å²) in [6.45, 7) is 9.78. The van der Waals surface area contributed by atoms with Crippen molar-refractivity contribution in [1.82, 2.24) is 46.2 Å². The van der Waals surface area contributed by atoms with Gasteiger partial charge >= 0.3 is 23.9 Å². The largest absolute Gasteiger partial charge is 0.480 e. The fourth-order valence-corrected chi connectivity index (χ4v) is 12.1. The number of aliphatic carboxylic acids is 1. The Labute approximate surface area is 543 Å². The maximum absolute atomic E-state index is 13.9. The van der Waals surface area contributed by atoms with Gasteiger partial charge in [-0.2, -0.15) is 0 Å². The number of hydrogen-bond acceptors (Lipinski definition) is 17. The monoisotopic (exact) mass is 1280 g/mol. The molecule has 2 saturated heterocycles. The molecule has 93 heavy (non-hydrogen) atoms. The van der Waals surface area contributed by atoms with Gasteiger partial charge in [0.15, 0.2) is 0 Å². The summed E-state index contributed by atoms with van der Waals surface area (Å²) in [4.78, 5) is 143. The van der Waals surface area contributed by atoms with E-state index in [1.807, 2.05) is 115 Å². The average Bonchev–Trinajstić information content (AvgIpc) is 1.61. The van der Waals surface area contributed by atoms with Gasteiger partial charge in [0.25, 0.3) is 0 Å². The standard InChI is InChI=1S/C69H90N10O14/c1-3-48(2)64(67(87)73-56-23-22-53-20-13-21-54-40-57(69(89)90)79(65(53)54)68(56)88)74-59(81)27-30-70-58(80)26-31-71-66(86)55(24-25-61(83)91-45-50-14-7-4-8-15-50)72-60(82)42-75-32-28-49(29-33-75)41-76-34-36-77(43-62(84)92-46-51-16-9-5-10-17-51)38-39-78(37-35-76)44-63(85)93-47-52-18-11-6-12-19-52/h4-21,48-49,55-57,64H,3,22-47H2,1-2H3,(H,70,80)(H,71,86)(H,72,82)(H,73,87)(H,74,81)(H,89,90)/t48-,55+,56-,57-,64-/m0/s1. The van der Waals surface area contributed by atoms with Crippen LogP contribution in [0.3, 0.4) is 0 Å². The third kappa shape index (κ3) is 22.3. The second kappa shape index (κ2) is 36.0. The van der Waals surface area contributed by atoms with Crippen molar-refractivity contribution >= 4 is 65.0 Å². The summed E-state index contributed by atoms with van der Waals surface area (Å²) < 4.78 is 16.8. The fraction of sp³-hybridized carbons (Fsp3) is 0.507. The number of likely N-dealkylation sites (tertiary alicyclic amines) is 1. The number of carboxylic acid groups (broad SMARTS) is 1. The molecular formula is C69H90N10O14. The third-order valence-electron chi connectivity index (χ3n) is 17.7. The second-order valence-electron chi connectivity index (χ2n) is 24.5. The molecule has 0 aromatic heterocycles. The molecule has 8 rings (SSSR count). The van der Waals surface area contributed by atoms with Crippen LogP contribution in [0.5, 0.6) is 0 Å². The number of nitrogens with one attached hydrogen (secondary N) is 5. The number of benzene rings is 4. The molecule has 0 spiro atoms. The van der Waals surface area contributed by atoms with Gasteiger partial charge < -0.3 is 50.8 Å². The Morgan fingerprint density at radius 3 is 1.62 bits per heavy atom. The minimum Gasteiger partial charge on any atom is -0.480 e. The van der Waals surface area contributed by atoms with Gasteiger partial charge in [-0.05, 0) is 84.8 Å². The molecule has 0 unspecified atom stereocenters. The number of ether oxygens (including phenoxy) is 3. The summed E-state index contributed by atoms with van der Waals surface area (Å²) in [7, 11) is 0. The van der Waals surface area contributed by atoms with E-state index in [1.54, 1.807) is 13.0 Å². The number of carboxylic acids is 1. The van der Waals surface area contributed by atoms with Crippen LogP contribution in [0.2, 0.25) is 0 Å². The molecule has 0 radical (unpaired) electrons. The van der Waals surface area contributed by atoms with Crippen molar-refractivity contribution in [2.75, 3.05) is 96.5 Å². The van der Waals surface area contributed by atoms with Crippen molar-refractivity contribution in [2.45, 2.75) is 122 Å². The minimum absolute atomic E-state index is 0.00590. The number of piperidine rings is 1. The van der Waals surface area contributed by atoms with Gasteiger partial charge in [-0.1, -0.05) is 129 Å². The van der Waals surface area contributed by atoms with E-state index >= 15 is 0 Å². The summed E-state index contributed by atoms with van der Waals surface area (Å²) in [5, 5.41) is 23.8. The maximum atomic E-state index is 13.9. The number of anilines is 1. The van der Waals surface area contributed by atoms with Crippen LogP contribution in [0.25, 0.3) is 0 Å². The van der Waals surface area contributed by atoms with Crippen molar-refractivity contribution < 1.29 is 67.3 Å². The van der Waals surface area contributed by atoms with Gasteiger partial charge in [0, 0.05) is 84.6 Å². The molecule has 24 nitrogen and oxygen atoms in total. The van der Waals surface area contributed by atoms with Crippen LogP contribution >= 0.6 is 0 Å². The Bertz CT molecular complexity index is 3100. The van der Waals surface area contributed by atoms with Crippen LogP contribution in [-0.4, -0.2) is 200 Å². The molecule has 0 saturated carbocycles. The first-order valence-electron chi connectivity index (χ1n) is 32.6. The smallest absolute Gasteiger partial charge is 0.327 e. The molecule has 2 fully saturated rings.